The van der Waals surface area contributed by atoms with Crippen LogP contribution in [-0.2, 0) is 11.2 Å². The zero-order chi connectivity index (χ0) is 16.7. The van der Waals surface area contributed by atoms with Crippen molar-refractivity contribution in [3.63, 3.8) is 0 Å². The number of halogens is 1. The molecule has 0 aromatic heterocycles. The summed E-state index contributed by atoms with van der Waals surface area (Å²) in [6, 6.07) is 6.31. The SMILES string of the molecule is C=C/C=C(\C=C)COCCCN1CCc2cc(Br)cc(C#N)c21. The van der Waals surface area contributed by atoms with Crippen LogP contribution in [-0.4, -0.2) is 26.3 Å². The van der Waals surface area contributed by atoms with E-state index in [1.807, 2.05) is 12.1 Å². The molecule has 1 aromatic carbocycles. The van der Waals surface area contributed by atoms with E-state index in [0.717, 1.165) is 47.2 Å². The summed E-state index contributed by atoms with van der Waals surface area (Å²) in [6.45, 7) is 10.5. The van der Waals surface area contributed by atoms with Gasteiger partial charge in [-0.05, 0) is 36.1 Å². The maximum Gasteiger partial charge on any atom is 0.101 e. The fourth-order valence-corrected chi connectivity index (χ4v) is 3.27. The Morgan fingerprint density at radius 1 is 1.43 bits per heavy atom. The Bertz CT molecular complexity index is 658. The zero-order valence-electron chi connectivity index (χ0n) is 13.2. The average molecular weight is 373 g/mol. The van der Waals surface area contributed by atoms with Crippen molar-refractivity contribution in [2.45, 2.75) is 12.8 Å². The van der Waals surface area contributed by atoms with Gasteiger partial charge >= 0.3 is 0 Å². The van der Waals surface area contributed by atoms with Gasteiger partial charge in [0.1, 0.15) is 6.07 Å². The summed E-state index contributed by atoms with van der Waals surface area (Å²) in [6.07, 6.45) is 7.35. The molecule has 0 saturated heterocycles. The summed E-state index contributed by atoms with van der Waals surface area (Å²) in [4.78, 5) is 2.29. The number of fused-ring (bicyclic) bond motifs is 1. The van der Waals surface area contributed by atoms with Crippen LogP contribution in [0.1, 0.15) is 17.5 Å². The van der Waals surface area contributed by atoms with Crippen LogP contribution in [0.4, 0.5) is 5.69 Å². The molecule has 1 aliphatic rings. The van der Waals surface area contributed by atoms with Gasteiger partial charge < -0.3 is 9.64 Å². The van der Waals surface area contributed by atoms with Gasteiger partial charge in [-0.2, -0.15) is 5.26 Å². The summed E-state index contributed by atoms with van der Waals surface area (Å²) in [7, 11) is 0. The lowest BCUT2D eigenvalue weighted by Crippen LogP contribution is -2.23. The fourth-order valence-electron chi connectivity index (χ4n) is 2.77. The Labute approximate surface area is 146 Å². The van der Waals surface area contributed by atoms with Crippen molar-refractivity contribution in [2.24, 2.45) is 0 Å². The Hall–Kier alpha value is -1.83. The second-order valence-corrected chi connectivity index (χ2v) is 6.31. The molecule has 0 spiro atoms. The molecule has 23 heavy (non-hydrogen) atoms. The number of anilines is 1. The number of hydrogen-bond donors (Lipinski definition) is 0. The van der Waals surface area contributed by atoms with E-state index in [0.29, 0.717) is 13.2 Å². The van der Waals surface area contributed by atoms with E-state index in [4.69, 9.17) is 4.74 Å². The van der Waals surface area contributed by atoms with E-state index >= 15 is 0 Å². The Morgan fingerprint density at radius 2 is 2.26 bits per heavy atom. The molecular formula is C19H21BrN2O. The van der Waals surface area contributed by atoms with Crippen LogP contribution in [0.25, 0.3) is 0 Å². The van der Waals surface area contributed by atoms with Crippen molar-refractivity contribution >= 4 is 21.6 Å². The van der Waals surface area contributed by atoms with Crippen molar-refractivity contribution in [3.05, 3.63) is 64.7 Å². The molecule has 0 unspecified atom stereocenters. The number of hydrogen-bond acceptors (Lipinski definition) is 3. The molecule has 0 bridgehead atoms. The molecule has 4 heteroatoms. The van der Waals surface area contributed by atoms with Crippen molar-refractivity contribution in [1.82, 2.24) is 0 Å². The fraction of sp³-hybridized carbons (Fsp3) is 0.316. The van der Waals surface area contributed by atoms with E-state index in [1.54, 1.807) is 12.2 Å². The largest absolute Gasteiger partial charge is 0.377 e. The average Bonchev–Trinajstić information content (AvgIpc) is 2.95. The summed E-state index contributed by atoms with van der Waals surface area (Å²) >= 11 is 3.47. The van der Waals surface area contributed by atoms with E-state index < -0.39 is 0 Å². The first-order valence-electron chi connectivity index (χ1n) is 7.68. The van der Waals surface area contributed by atoms with Crippen molar-refractivity contribution in [1.29, 1.82) is 5.26 Å². The second kappa shape index (κ2) is 8.71. The van der Waals surface area contributed by atoms with E-state index in [1.165, 1.54) is 5.56 Å². The molecule has 1 aromatic rings. The summed E-state index contributed by atoms with van der Waals surface area (Å²) in [5.74, 6) is 0. The van der Waals surface area contributed by atoms with Gasteiger partial charge in [0.2, 0.25) is 0 Å². The van der Waals surface area contributed by atoms with Gasteiger partial charge in [-0.25, -0.2) is 0 Å². The minimum Gasteiger partial charge on any atom is -0.377 e. The van der Waals surface area contributed by atoms with Crippen LogP contribution >= 0.6 is 15.9 Å². The molecule has 0 aliphatic carbocycles. The summed E-state index contributed by atoms with van der Waals surface area (Å²) < 4.78 is 6.65. The lowest BCUT2D eigenvalue weighted by Gasteiger charge is -2.20. The molecular weight excluding hydrogens is 352 g/mol. The molecule has 0 fully saturated rings. The van der Waals surface area contributed by atoms with Crippen LogP contribution in [0.5, 0.6) is 0 Å². The maximum atomic E-state index is 9.35. The quantitative estimate of drug-likeness (QED) is 0.501. The molecule has 120 valence electrons. The highest BCUT2D eigenvalue weighted by Crippen LogP contribution is 2.34. The first-order valence-corrected chi connectivity index (χ1v) is 8.48. The molecule has 3 nitrogen and oxygen atoms in total. The number of rotatable bonds is 8. The predicted octanol–water partition coefficient (Wildman–Crippen LogP) is 4.39. The van der Waals surface area contributed by atoms with Crippen LogP contribution in [0.2, 0.25) is 0 Å². The Balaban J connectivity index is 1.86. The molecule has 0 saturated carbocycles. The van der Waals surface area contributed by atoms with E-state index in [-0.39, 0.29) is 0 Å². The molecule has 0 N–H and O–H groups in total. The van der Waals surface area contributed by atoms with Crippen LogP contribution in [0, 0.1) is 11.3 Å². The minimum absolute atomic E-state index is 0.558. The third kappa shape index (κ3) is 4.57. The number of nitriles is 1. The zero-order valence-corrected chi connectivity index (χ0v) is 14.8. The third-order valence-corrected chi connectivity index (χ3v) is 4.28. The number of nitrogens with zero attached hydrogens (tertiary/aromatic N) is 2. The molecule has 1 aliphatic heterocycles. The Morgan fingerprint density at radius 3 is 2.96 bits per heavy atom. The lowest BCUT2D eigenvalue weighted by molar-refractivity contribution is 0.156. The smallest absolute Gasteiger partial charge is 0.101 e. The predicted molar refractivity (Wildman–Crippen MR) is 98.7 cm³/mol. The van der Waals surface area contributed by atoms with Gasteiger partial charge in [-0.15, -0.1) is 0 Å². The lowest BCUT2D eigenvalue weighted by atomic mass is 10.1. The highest BCUT2D eigenvalue weighted by Gasteiger charge is 2.22. The van der Waals surface area contributed by atoms with Crippen molar-refractivity contribution in [2.75, 3.05) is 31.2 Å². The second-order valence-electron chi connectivity index (χ2n) is 5.40. The topological polar surface area (TPSA) is 36.3 Å². The Kier molecular flexibility index (Phi) is 6.64. The van der Waals surface area contributed by atoms with E-state index in [9.17, 15) is 5.26 Å². The highest BCUT2D eigenvalue weighted by molar-refractivity contribution is 9.10. The summed E-state index contributed by atoms with van der Waals surface area (Å²) in [5, 5.41) is 9.35. The number of allylic oxidation sites excluding steroid dienone is 2. The van der Waals surface area contributed by atoms with Crippen LogP contribution < -0.4 is 4.90 Å². The van der Waals surface area contributed by atoms with Crippen molar-refractivity contribution in [3.8, 4) is 6.07 Å². The third-order valence-electron chi connectivity index (χ3n) is 3.82. The number of ether oxygens (including phenoxy) is 1. The van der Waals surface area contributed by atoms with Crippen LogP contribution in [0.15, 0.2) is 53.6 Å². The van der Waals surface area contributed by atoms with Crippen molar-refractivity contribution < 1.29 is 4.74 Å². The monoisotopic (exact) mass is 372 g/mol. The van der Waals surface area contributed by atoms with Gasteiger partial charge in [-0.1, -0.05) is 47.3 Å². The number of benzene rings is 1. The molecule has 2 rings (SSSR count). The van der Waals surface area contributed by atoms with Gasteiger partial charge in [-0.3, -0.25) is 0 Å². The molecule has 0 amide bonds. The first kappa shape index (κ1) is 17.5. The van der Waals surface area contributed by atoms with Gasteiger partial charge in [0.05, 0.1) is 17.9 Å². The molecule has 0 radical (unpaired) electrons. The highest BCUT2D eigenvalue weighted by atomic mass is 79.9. The summed E-state index contributed by atoms with van der Waals surface area (Å²) in [5.41, 5.74) is 4.12. The maximum absolute atomic E-state index is 9.35. The normalized spacial score (nSPS) is 13.6. The van der Waals surface area contributed by atoms with E-state index in [2.05, 4.69) is 46.1 Å². The standard InChI is InChI=1S/C19H21BrN2O/c1-3-6-15(4-2)14-23-10-5-8-22-9-7-16-11-18(20)12-17(13-21)19(16)22/h3-4,6,11-12H,1-2,5,7-10,14H2/b15-6+. The minimum atomic E-state index is 0.558. The first-order chi connectivity index (χ1) is 11.2. The van der Waals surface area contributed by atoms with Gasteiger partial charge in [0.15, 0.2) is 0 Å². The van der Waals surface area contributed by atoms with Crippen LogP contribution in [0.3, 0.4) is 0 Å². The van der Waals surface area contributed by atoms with Gasteiger partial charge in [0.25, 0.3) is 0 Å². The van der Waals surface area contributed by atoms with Gasteiger partial charge in [0, 0.05) is 24.2 Å². The molecule has 1 heterocycles. The molecule has 0 atom stereocenters.